The lowest BCUT2D eigenvalue weighted by Gasteiger charge is -2.29. The van der Waals surface area contributed by atoms with E-state index in [2.05, 4.69) is 12.3 Å². The van der Waals surface area contributed by atoms with Gasteiger partial charge >= 0.3 is 6.18 Å². The highest BCUT2D eigenvalue weighted by molar-refractivity contribution is 5.83. The molecule has 1 heterocycles. The van der Waals surface area contributed by atoms with Crippen LogP contribution >= 0.6 is 0 Å². The zero-order chi connectivity index (χ0) is 16.8. The summed E-state index contributed by atoms with van der Waals surface area (Å²) in [7, 11) is 0. The van der Waals surface area contributed by atoms with Crippen LogP contribution in [0.4, 0.5) is 13.2 Å². The van der Waals surface area contributed by atoms with Gasteiger partial charge in [-0.05, 0) is 20.3 Å². The highest BCUT2D eigenvalue weighted by atomic mass is 19.4. The Labute approximate surface area is 131 Å². The molecule has 0 aromatic heterocycles. The fraction of sp³-hybridized carbons (Fsp3) is 0.938. The Balaban J connectivity index is 2.42. The Morgan fingerprint density at radius 3 is 2.14 bits per heavy atom. The normalized spacial score (nSPS) is 20.2. The molecule has 0 aliphatic carbocycles. The van der Waals surface area contributed by atoms with E-state index in [1.54, 1.807) is 13.8 Å². The molecule has 1 N–H and O–H groups in total. The van der Waals surface area contributed by atoms with Crippen molar-refractivity contribution in [2.45, 2.75) is 84.4 Å². The monoisotopic (exact) mass is 322 g/mol. The molecule has 1 rings (SSSR count). The van der Waals surface area contributed by atoms with Crippen molar-refractivity contribution in [3.8, 4) is 0 Å². The van der Waals surface area contributed by atoms with E-state index in [0.29, 0.717) is 6.42 Å². The van der Waals surface area contributed by atoms with E-state index >= 15 is 0 Å². The molecule has 1 unspecified atom stereocenters. The van der Waals surface area contributed by atoms with Crippen LogP contribution in [0, 0.1) is 5.41 Å². The van der Waals surface area contributed by atoms with E-state index in [-0.39, 0.29) is 18.9 Å². The summed E-state index contributed by atoms with van der Waals surface area (Å²) in [4.78, 5) is 11.7. The minimum atomic E-state index is -4.31. The number of carbonyl (C=O) groups excluding carboxylic acids is 1. The van der Waals surface area contributed by atoms with E-state index in [9.17, 15) is 18.0 Å². The number of halogens is 3. The van der Waals surface area contributed by atoms with Gasteiger partial charge in [-0.2, -0.15) is 13.2 Å². The molecule has 6 heteroatoms. The summed E-state index contributed by atoms with van der Waals surface area (Å²) in [5.41, 5.74) is 1.63. The zero-order valence-corrected chi connectivity index (χ0v) is 13.9. The van der Waals surface area contributed by atoms with Crippen LogP contribution in [0.5, 0.6) is 0 Å². The predicted molar refractivity (Wildman–Crippen MR) is 81.1 cm³/mol. The fourth-order valence-electron chi connectivity index (χ4n) is 2.80. The number of alkyl halides is 3. The first-order chi connectivity index (χ1) is 10.2. The summed E-state index contributed by atoms with van der Waals surface area (Å²) >= 11 is 0. The second-order valence-corrected chi connectivity index (χ2v) is 6.92. The van der Waals surface area contributed by atoms with Gasteiger partial charge in [0.15, 0.2) is 0 Å². The highest BCUT2D eigenvalue weighted by Crippen LogP contribution is 2.33. The van der Waals surface area contributed by atoms with Crippen molar-refractivity contribution in [3.63, 3.8) is 0 Å². The highest BCUT2D eigenvalue weighted by Gasteiger charge is 2.49. The maximum atomic E-state index is 13.2. The molecule has 1 fully saturated rings. The Morgan fingerprint density at radius 2 is 1.68 bits per heavy atom. The SMILES string of the molecule is CCCCCCCCCC(N1CC(C)(C)C(=O)N1)C(F)(F)F. The Morgan fingerprint density at radius 1 is 1.14 bits per heavy atom. The third kappa shape index (κ3) is 5.78. The van der Waals surface area contributed by atoms with Crippen LogP contribution < -0.4 is 5.43 Å². The van der Waals surface area contributed by atoms with E-state index < -0.39 is 17.6 Å². The lowest BCUT2D eigenvalue weighted by Crippen LogP contribution is -2.49. The minimum absolute atomic E-state index is 0.0492. The van der Waals surface area contributed by atoms with Gasteiger partial charge in [0.2, 0.25) is 5.91 Å². The van der Waals surface area contributed by atoms with Gasteiger partial charge in [-0.1, -0.05) is 51.9 Å². The summed E-state index contributed by atoms with van der Waals surface area (Å²) in [5, 5.41) is 1.08. The number of rotatable bonds is 9. The van der Waals surface area contributed by atoms with Gasteiger partial charge in [0.05, 0.1) is 5.41 Å². The second kappa shape index (κ2) is 8.18. The summed E-state index contributed by atoms with van der Waals surface area (Å²) in [6.45, 7) is 5.58. The Kier molecular flexibility index (Phi) is 7.16. The number of unbranched alkanes of at least 4 members (excludes halogenated alkanes) is 6. The maximum Gasteiger partial charge on any atom is 0.405 e. The average molecular weight is 322 g/mol. The lowest BCUT2D eigenvalue weighted by atomic mass is 9.94. The quantitative estimate of drug-likeness (QED) is 0.637. The molecule has 0 aromatic rings. The molecular formula is C16H29F3N2O. The molecule has 0 saturated carbocycles. The molecule has 1 atom stereocenters. The van der Waals surface area contributed by atoms with Crippen molar-refractivity contribution in [1.29, 1.82) is 0 Å². The van der Waals surface area contributed by atoms with Crippen molar-refractivity contribution in [2.75, 3.05) is 6.54 Å². The van der Waals surface area contributed by atoms with Crippen LogP contribution in [0.2, 0.25) is 0 Å². The smallest absolute Gasteiger partial charge is 0.288 e. The van der Waals surface area contributed by atoms with Crippen LogP contribution in [0.1, 0.15) is 72.1 Å². The van der Waals surface area contributed by atoms with Gasteiger partial charge in [-0.15, -0.1) is 0 Å². The van der Waals surface area contributed by atoms with Crippen molar-refractivity contribution in [1.82, 2.24) is 10.4 Å². The van der Waals surface area contributed by atoms with Crippen LogP contribution in [0.25, 0.3) is 0 Å². The van der Waals surface area contributed by atoms with Gasteiger partial charge < -0.3 is 0 Å². The van der Waals surface area contributed by atoms with Gasteiger partial charge in [-0.25, -0.2) is 5.01 Å². The summed E-state index contributed by atoms with van der Waals surface area (Å²) in [5.74, 6) is -0.332. The summed E-state index contributed by atoms with van der Waals surface area (Å²) in [6.07, 6.45) is 2.71. The molecule has 0 radical (unpaired) electrons. The first kappa shape index (κ1) is 19.3. The van der Waals surface area contributed by atoms with E-state index in [0.717, 1.165) is 30.7 Å². The van der Waals surface area contributed by atoms with E-state index in [1.165, 1.54) is 12.8 Å². The van der Waals surface area contributed by atoms with Crippen LogP contribution in [-0.4, -0.2) is 29.7 Å². The molecule has 1 amide bonds. The minimum Gasteiger partial charge on any atom is -0.288 e. The van der Waals surface area contributed by atoms with E-state index in [4.69, 9.17) is 0 Å². The lowest BCUT2D eigenvalue weighted by molar-refractivity contribution is -0.190. The molecule has 0 bridgehead atoms. The molecule has 1 saturated heterocycles. The van der Waals surface area contributed by atoms with Crippen molar-refractivity contribution >= 4 is 5.91 Å². The molecule has 130 valence electrons. The third-order valence-corrected chi connectivity index (χ3v) is 4.26. The predicted octanol–water partition coefficient (Wildman–Crippen LogP) is 4.43. The molecule has 3 nitrogen and oxygen atoms in total. The summed E-state index contributed by atoms with van der Waals surface area (Å²) in [6, 6.07) is -1.58. The topological polar surface area (TPSA) is 32.3 Å². The fourth-order valence-corrected chi connectivity index (χ4v) is 2.80. The number of amides is 1. The Bertz CT molecular complexity index is 356. The molecule has 1 aliphatic heterocycles. The van der Waals surface area contributed by atoms with E-state index in [1.807, 2.05) is 0 Å². The summed E-state index contributed by atoms with van der Waals surface area (Å²) < 4.78 is 39.7. The van der Waals surface area contributed by atoms with Crippen LogP contribution in [-0.2, 0) is 4.79 Å². The maximum absolute atomic E-state index is 13.2. The molecular weight excluding hydrogens is 293 g/mol. The molecule has 22 heavy (non-hydrogen) atoms. The molecule has 1 aliphatic rings. The third-order valence-electron chi connectivity index (χ3n) is 4.26. The van der Waals surface area contributed by atoms with Gasteiger partial charge in [0.25, 0.3) is 0 Å². The number of carbonyl (C=O) groups is 1. The largest absolute Gasteiger partial charge is 0.405 e. The molecule has 0 spiro atoms. The second-order valence-electron chi connectivity index (χ2n) is 6.92. The number of hydrazine groups is 1. The zero-order valence-electron chi connectivity index (χ0n) is 13.9. The number of hydrogen-bond donors (Lipinski definition) is 1. The van der Waals surface area contributed by atoms with Crippen molar-refractivity contribution in [3.05, 3.63) is 0 Å². The first-order valence-corrected chi connectivity index (χ1v) is 8.33. The molecule has 0 aromatic carbocycles. The van der Waals surface area contributed by atoms with Crippen molar-refractivity contribution in [2.24, 2.45) is 5.41 Å². The number of hydrogen-bond acceptors (Lipinski definition) is 2. The van der Waals surface area contributed by atoms with Gasteiger partial charge in [0.1, 0.15) is 6.04 Å². The van der Waals surface area contributed by atoms with Crippen molar-refractivity contribution < 1.29 is 18.0 Å². The van der Waals surface area contributed by atoms with Gasteiger partial charge in [0, 0.05) is 6.54 Å². The average Bonchev–Trinajstić information content (AvgIpc) is 2.65. The Hall–Kier alpha value is -0.780. The standard InChI is InChI=1S/C16H29F3N2O/c1-4-5-6-7-8-9-10-11-13(16(17,18)19)21-12-15(2,3)14(22)20-21/h13H,4-12H2,1-3H3,(H,20,22). The van der Waals surface area contributed by atoms with Crippen LogP contribution in [0.15, 0.2) is 0 Å². The van der Waals surface area contributed by atoms with Gasteiger partial charge in [-0.3, -0.25) is 10.2 Å². The first-order valence-electron chi connectivity index (χ1n) is 8.33. The van der Waals surface area contributed by atoms with Crippen LogP contribution in [0.3, 0.4) is 0 Å². The number of nitrogens with zero attached hydrogens (tertiary/aromatic N) is 1. The number of nitrogens with one attached hydrogen (secondary N) is 1.